The molecule has 146 valence electrons. The molecular formula is C21H22ClN3O3. The van der Waals surface area contributed by atoms with E-state index in [0.717, 1.165) is 37.6 Å². The summed E-state index contributed by atoms with van der Waals surface area (Å²) in [6.07, 6.45) is 3.02. The van der Waals surface area contributed by atoms with Gasteiger partial charge >= 0.3 is 0 Å². The number of fused-ring (bicyclic) bond motifs is 1. The number of nitrogens with zero attached hydrogens (tertiary/aromatic N) is 3. The minimum absolute atomic E-state index is 0.127. The number of halogens is 1. The number of rotatable bonds is 3. The number of hydrogen-bond donors (Lipinski definition) is 0. The van der Waals surface area contributed by atoms with Crippen LogP contribution in [-0.4, -0.2) is 68.2 Å². The van der Waals surface area contributed by atoms with Crippen molar-refractivity contribution in [3.63, 3.8) is 0 Å². The van der Waals surface area contributed by atoms with Crippen LogP contribution < -0.4 is 9.64 Å². The van der Waals surface area contributed by atoms with E-state index in [1.165, 1.54) is 0 Å². The van der Waals surface area contributed by atoms with Crippen LogP contribution in [0.5, 0.6) is 5.75 Å². The summed E-state index contributed by atoms with van der Waals surface area (Å²) >= 11 is 6.19. The lowest BCUT2D eigenvalue weighted by Crippen LogP contribution is -2.56. The van der Waals surface area contributed by atoms with E-state index in [1.54, 1.807) is 24.2 Å². The number of amides is 1. The van der Waals surface area contributed by atoms with Crippen LogP contribution in [0.2, 0.25) is 0 Å². The number of methoxy groups -OCH3 is 1. The van der Waals surface area contributed by atoms with Gasteiger partial charge in [-0.05, 0) is 43.5 Å². The predicted molar refractivity (Wildman–Crippen MR) is 108 cm³/mol. The first-order chi connectivity index (χ1) is 13.5. The third-order valence-corrected chi connectivity index (χ3v) is 5.88. The van der Waals surface area contributed by atoms with Gasteiger partial charge in [-0.25, -0.2) is 4.79 Å². The van der Waals surface area contributed by atoms with Crippen molar-refractivity contribution < 1.29 is 14.3 Å². The Bertz CT molecular complexity index is 894. The van der Waals surface area contributed by atoms with Crippen LogP contribution in [-0.2, 0) is 9.59 Å². The van der Waals surface area contributed by atoms with Gasteiger partial charge in [0.1, 0.15) is 17.9 Å². The van der Waals surface area contributed by atoms with Gasteiger partial charge in [-0.15, -0.1) is 0 Å². The fraction of sp³-hybridized carbons (Fsp3) is 0.381. The zero-order chi connectivity index (χ0) is 19.8. The molecule has 4 rings (SSSR count). The van der Waals surface area contributed by atoms with E-state index < -0.39 is 0 Å². The highest BCUT2D eigenvalue weighted by Gasteiger charge is 2.50. The Kier molecular flexibility index (Phi) is 5.13. The minimum Gasteiger partial charge on any atom is -0.497 e. The monoisotopic (exact) mass is 399 g/mol. The van der Waals surface area contributed by atoms with E-state index >= 15 is 0 Å². The quantitative estimate of drug-likeness (QED) is 0.728. The molecule has 2 fully saturated rings. The van der Waals surface area contributed by atoms with E-state index in [4.69, 9.17) is 16.3 Å². The van der Waals surface area contributed by atoms with Crippen molar-refractivity contribution in [2.24, 2.45) is 5.92 Å². The highest BCUT2D eigenvalue weighted by molar-refractivity contribution is 6.32. The van der Waals surface area contributed by atoms with Crippen molar-refractivity contribution in [2.75, 3.05) is 45.2 Å². The summed E-state index contributed by atoms with van der Waals surface area (Å²) in [5, 5.41) is 0.381. The first-order valence-corrected chi connectivity index (χ1v) is 9.65. The van der Waals surface area contributed by atoms with Crippen molar-refractivity contribution in [2.45, 2.75) is 6.17 Å². The normalized spacial score (nSPS) is 25.9. The molecule has 6 nitrogen and oxygen atoms in total. The van der Waals surface area contributed by atoms with E-state index in [-0.39, 0.29) is 18.0 Å². The maximum atomic E-state index is 13.4. The Labute approximate surface area is 169 Å². The second kappa shape index (κ2) is 7.57. The molecule has 2 unspecified atom stereocenters. The number of carbonyl (C=O) groups is 1. The minimum atomic E-state index is -0.363. The van der Waals surface area contributed by atoms with Gasteiger partial charge in [-0.1, -0.05) is 11.6 Å². The van der Waals surface area contributed by atoms with Crippen LogP contribution in [0.3, 0.4) is 0 Å². The maximum Gasteiger partial charge on any atom is 0.256 e. The highest BCUT2D eigenvalue weighted by Crippen LogP contribution is 2.43. The van der Waals surface area contributed by atoms with Gasteiger partial charge in [0, 0.05) is 48.0 Å². The van der Waals surface area contributed by atoms with Gasteiger partial charge < -0.3 is 9.64 Å². The lowest BCUT2D eigenvalue weighted by Gasteiger charge is -2.42. The molecule has 1 aromatic carbocycles. The van der Waals surface area contributed by atoms with Gasteiger partial charge in [-0.2, -0.15) is 0 Å². The Morgan fingerprint density at radius 3 is 2.39 bits per heavy atom. The van der Waals surface area contributed by atoms with Crippen molar-refractivity contribution in [1.82, 2.24) is 9.80 Å². The smallest absolute Gasteiger partial charge is 0.256 e. The van der Waals surface area contributed by atoms with E-state index in [2.05, 4.69) is 16.8 Å². The topological polar surface area (TPSA) is 53.1 Å². The van der Waals surface area contributed by atoms with Crippen LogP contribution in [0, 0.1) is 5.92 Å². The fourth-order valence-electron chi connectivity index (χ4n) is 4.18. The molecule has 2 atom stereocenters. The molecule has 0 N–H and O–H groups in total. The summed E-state index contributed by atoms with van der Waals surface area (Å²) in [6.45, 7) is 3.44. The molecule has 0 spiro atoms. The van der Waals surface area contributed by atoms with Crippen LogP contribution >= 0.6 is 11.6 Å². The largest absolute Gasteiger partial charge is 0.497 e. The molecule has 1 aliphatic carbocycles. The van der Waals surface area contributed by atoms with Gasteiger partial charge in [0.05, 0.1) is 13.0 Å². The molecule has 0 bridgehead atoms. The number of allylic oxidation sites excluding steroid dienone is 3. The van der Waals surface area contributed by atoms with Crippen molar-refractivity contribution in [3.05, 3.63) is 52.6 Å². The van der Waals surface area contributed by atoms with Crippen LogP contribution in [0.15, 0.2) is 52.6 Å². The zero-order valence-corrected chi connectivity index (χ0v) is 16.6. The van der Waals surface area contributed by atoms with Crippen molar-refractivity contribution in [3.8, 4) is 5.75 Å². The van der Waals surface area contributed by atoms with Crippen molar-refractivity contribution in [1.29, 1.82) is 0 Å². The van der Waals surface area contributed by atoms with Gasteiger partial charge in [-0.3, -0.25) is 14.6 Å². The Hall–Kier alpha value is -2.37. The molecule has 0 aromatic heterocycles. The first-order valence-electron chi connectivity index (χ1n) is 9.27. The fourth-order valence-corrected chi connectivity index (χ4v) is 4.41. The number of anilines is 1. The van der Waals surface area contributed by atoms with Crippen LogP contribution in [0.25, 0.3) is 0 Å². The lowest BCUT2D eigenvalue weighted by atomic mass is 9.87. The number of benzene rings is 1. The number of ether oxygens (including phenoxy) is 1. The highest BCUT2D eigenvalue weighted by atomic mass is 35.5. The van der Waals surface area contributed by atoms with Crippen LogP contribution in [0.1, 0.15) is 0 Å². The Morgan fingerprint density at radius 1 is 1.11 bits per heavy atom. The second-order valence-electron chi connectivity index (χ2n) is 7.29. The molecule has 2 heterocycles. The molecular weight excluding hydrogens is 378 g/mol. The summed E-state index contributed by atoms with van der Waals surface area (Å²) < 4.78 is 5.24. The molecule has 28 heavy (non-hydrogen) atoms. The van der Waals surface area contributed by atoms with Crippen molar-refractivity contribution >= 4 is 29.1 Å². The van der Waals surface area contributed by atoms with E-state index in [0.29, 0.717) is 16.2 Å². The first kappa shape index (κ1) is 19.0. The molecule has 2 aliphatic heterocycles. The molecule has 3 aliphatic rings. The van der Waals surface area contributed by atoms with Crippen LogP contribution in [0.4, 0.5) is 5.69 Å². The third-order valence-electron chi connectivity index (χ3n) is 5.67. The average molecular weight is 400 g/mol. The number of hydrogen-bond acceptors (Lipinski definition) is 5. The number of carbonyl (C=O) groups excluding carboxylic acids is 2. The van der Waals surface area contributed by atoms with E-state index in [1.807, 2.05) is 30.2 Å². The maximum absolute atomic E-state index is 13.4. The molecule has 7 heteroatoms. The molecule has 0 radical (unpaired) electrons. The van der Waals surface area contributed by atoms with Gasteiger partial charge in [0.2, 0.25) is 0 Å². The Morgan fingerprint density at radius 2 is 1.79 bits per heavy atom. The molecule has 1 aromatic rings. The third kappa shape index (κ3) is 3.19. The summed E-state index contributed by atoms with van der Waals surface area (Å²) in [5.74, 6) is 2.26. The lowest BCUT2D eigenvalue weighted by molar-refractivity contribution is -0.114. The number of piperazine rings is 1. The Balaban J connectivity index is 1.79. The molecule has 1 amide bonds. The second-order valence-corrected chi connectivity index (χ2v) is 7.73. The van der Waals surface area contributed by atoms with Gasteiger partial charge in [0.25, 0.3) is 5.91 Å². The summed E-state index contributed by atoms with van der Waals surface area (Å²) in [5.41, 5.74) is 1.74. The SMILES string of the molecule is COc1ccc(N2C(=O)C3=CC(Cl)=CC(=C=O)C3C2N2CCN(C)CC2)cc1. The summed E-state index contributed by atoms with van der Waals surface area (Å²) in [7, 11) is 3.70. The zero-order valence-electron chi connectivity index (χ0n) is 15.9. The van der Waals surface area contributed by atoms with Gasteiger partial charge in [0.15, 0.2) is 0 Å². The predicted octanol–water partition coefficient (Wildman–Crippen LogP) is 2.05. The number of likely N-dealkylation sites (N-methyl/N-ethyl adjacent to an activating group) is 1. The summed E-state index contributed by atoms with van der Waals surface area (Å²) in [6, 6.07) is 7.41. The average Bonchev–Trinajstić information content (AvgIpc) is 3.00. The molecule has 0 saturated carbocycles. The summed E-state index contributed by atoms with van der Waals surface area (Å²) in [4.78, 5) is 31.4. The van der Waals surface area contributed by atoms with E-state index in [9.17, 15) is 9.59 Å². The molecule has 2 saturated heterocycles. The standard InChI is InChI=1S/C21H22ClN3O3/c1-23-7-9-24(10-8-23)20-19-14(13-26)11-15(22)12-18(19)21(27)25(20)16-3-5-17(28-2)6-4-16/h3-6,11-12,19-20H,7-10H2,1-2H3.